The molecule has 0 saturated carbocycles. The summed E-state index contributed by atoms with van der Waals surface area (Å²) < 4.78 is 5.45. The Morgan fingerprint density at radius 1 is 1.67 bits per heavy atom. The largest absolute Gasteiger partial charge is 0.416 e. The highest BCUT2D eigenvalue weighted by atomic mass is 28.3. The van der Waals surface area contributed by atoms with E-state index in [4.69, 9.17) is 16.0 Å². The van der Waals surface area contributed by atoms with Crippen molar-refractivity contribution in [1.82, 2.24) is 0 Å². The summed E-state index contributed by atoms with van der Waals surface area (Å²) in [7, 11) is -0.841. The van der Waals surface area contributed by atoms with Gasteiger partial charge in [-0.25, -0.2) is 0 Å². The first-order valence-corrected chi connectivity index (χ1v) is 7.45. The zero-order valence-electron chi connectivity index (χ0n) is 9.83. The van der Waals surface area contributed by atoms with E-state index in [1.807, 2.05) is 12.6 Å². The van der Waals surface area contributed by atoms with Crippen LogP contribution in [0.4, 0.5) is 0 Å². The minimum atomic E-state index is -0.889. The molecule has 0 aliphatic carbocycles. The first kappa shape index (κ1) is 14.4. The van der Waals surface area contributed by atoms with E-state index in [0.717, 1.165) is 6.61 Å². The van der Waals surface area contributed by atoms with Gasteiger partial charge in [-0.2, -0.15) is 0 Å². The van der Waals surface area contributed by atoms with E-state index in [0.29, 0.717) is 6.42 Å². The van der Waals surface area contributed by atoms with E-state index in [1.54, 1.807) is 6.92 Å². The van der Waals surface area contributed by atoms with Gasteiger partial charge < -0.3 is 9.53 Å². The fraction of sp³-hybridized carbons (Fsp3) is 0.667. The van der Waals surface area contributed by atoms with Crippen molar-refractivity contribution in [3.8, 4) is 12.3 Å². The van der Waals surface area contributed by atoms with Gasteiger partial charge in [0, 0.05) is 6.61 Å². The van der Waals surface area contributed by atoms with Gasteiger partial charge in [0.15, 0.2) is 0 Å². The predicted octanol–water partition coefficient (Wildman–Crippen LogP) is 2.03. The standard InChI is InChI=1S/C6H12OSi.C6H10O/c1-2-8-6-4-3-5-7-8;1-4-6(3,7)5-2/h2,8H,1,3-6H2;1,7H,5H2,2-3H3. The molecule has 1 aliphatic rings. The molecule has 0 aromatic heterocycles. The van der Waals surface area contributed by atoms with E-state index in [2.05, 4.69) is 12.5 Å². The molecule has 1 aliphatic heterocycles. The fourth-order valence-electron chi connectivity index (χ4n) is 1.05. The fourth-order valence-corrected chi connectivity index (χ4v) is 2.75. The van der Waals surface area contributed by atoms with Crippen molar-refractivity contribution in [2.24, 2.45) is 0 Å². The summed E-state index contributed by atoms with van der Waals surface area (Å²) in [6.07, 6.45) is 8.16. The van der Waals surface area contributed by atoms with E-state index in [9.17, 15) is 0 Å². The van der Waals surface area contributed by atoms with Crippen molar-refractivity contribution < 1.29 is 9.53 Å². The van der Waals surface area contributed by atoms with Crippen LogP contribution >= 0.6 is 0 Å². The zero-order valence-corrected chi connectivity index (χ0v) is 11.0. The number of hydrogen-bond acceptors (Lipinski definition) is 2. The molecule has 86 valence electrons. The van der Waals surface area contributed by atoms with Crippen molar-refractivity contribution in [2.45, 2.75) is 44.8 Å². The molecule has 1 heterocycles. The molecule has 1 fully saturated rings. The molecule has 0 amide bonds. The highest BCUT2D eigenvalue weighted by molar-refractivity contribution is 6.57. The summed E-state index contributed by atoms with van der Waals surface area (Å²) in [5, 5.41) is 8.90. The van der Waals surface area contributed by atoms with Crippen molar-refractivity contribution in [3.05, 3.63) is 12.3 Å². The molecule has 1 rings (SSSR count). The van der Waals surface area contributed by atoms with Crippen LogP contribution in [0.15, 0.2) is 12.3 Å². The zero-order chi connectivity index (χ0) is 11.7. The highest BCUT2D eigenvalue weighted by Gasteiger charge is 2.11. The molecular formula is C12H22O2Si. The van der Waals surface area contributed by atoms with Gasteiger partial charge in [-0.05, 0) is 25.8 Å². The molecule has 3 heteroatoms. The summed E-state index contributed by atoms with van der Waals surface area (Å²) in [6, 6.07) is 1.31. The predicted molar refractivity (Wildman–Crippen MR) is 67.1 cm³/mol. The van der Waals surface area contributed by atoms with Crippen LogP contribution in [0.3, 0.4) is 0 Å². The molecule has 2 atom stereocenters. The summed E-state index contributed by atoms with van der Waals surface area (Å²) >= 11 is 0. The summed E-state index contributed by atoms with van der Waals surface area (Å²) in [5.74, 6) is 2.25. The smallest absolute Gasteiger partial charge is 0.200 e. The maximum atomic E-state index is 8.90. The van der Waals surface area contributed by atoms with E-state index in [-0.39, 0.29) is 0 Å². The molecule has 0 radical (unpaired) electrons. The van der Waals surface area contributed by atoms with Crippen molar-refractivity contribution in [1.29, 1.82) is 0 Å². The molecule has 0 spiro atoms. The summed E-state index contributed by atoms with van der Waals surface area (Å²) in [4.78, 5) is 0. The third-order valence-corrected chi connectivity index (χ3v) is 4.64. The minimum absolute atomic E-state index is 0.615. The topological polar surface area (TPSA) is 29.5 Å². The molecule has 0 aromatic rings. The minimum Gasteiger partial charge on any atom is -0.416 e. The van der Waals surface area contributed by atoms with Gasteiger partial charge in [0.25, 0.3) is 0 Å². The monoisotopic (exact) mass is 226 g/mol. The lowest BCUT2D eigenvalue weighted by Crippen LogP contribution is -2.20. The first-order valence-electron chi connectivity index (χ1n) is 5.50. The second kappa shape index (κ2) is 7.69. The van der Waals surface area contributed by atoms with Crippen LogP contribution in [0.25, 0.3) is 0 Å². The maximum absolute atomic E-state index is 8.90. The lowest BCUT2D eigenvalue weighted by Gasteiger charge is -2.16. The Morgan fingerprint density at radius 2 is 2.33 bits per heavy atom. The van der Waals surface area contributed by atoms with Crippen molar-refractivity contribution in [3.63, 3.8) is 0 Å². The second-order valence-corrected chi connectivity index (χ2v) is 6.37. The van der Waals surface area contributed by atoms with Crippen molar-refractivity contribution >= 4 is 9.04 Å². The molecule has 1 saturated heterocycles. The van der Waals surface area contributed by atoms with Crippen LogP contribution in [0.5, 0.6) is 0 Å². The number of terminal acetylenes is 1. The van der Waals surface area contributed by atoms with E-state index in [1.165, 1.54) is 18.9 Å². The Labute approximate surface area is 95.1 Å². The molecule has 2 unspecified atom stereocenters. The highest BCUT2D eigenvalue weighted by Crippen LogP contribution is 2.10. The Morgan fingerprint density at radius 3 is 2.53 bits per heavy atom. The molecule has 0 bridgehead atoms. The molecular weight excluding hydrogens is 204 g/mol. The average molecular weight is 226 g/mol. The van der Waals surface area contributed by atoms with Gasteiger partial charge in [-0.3, -0.25) is 0 Å². The van der Waals surface area contributed by atoms with Gasteiger partial charge in [-0.1, -0.05) is 25.0 Å². The van der Waals surface area contributed by atoms with Gasteiger partial charge >= 0.3 is 0 Å². The lowest BCUT2D eigenvalue weighted by molar-refractivity contribution is 0.118. The average Bonchev–Trinajstić information content (AvgIpc) is 2.31. The summed E-state index contributed by atoms with van der Waals surface area (Å²) in [6.45, 7) is 8.18. The van der Waals surface area contributed by atoms with Gasteiger partial charge in [-0.15, -0.1) is 13.0 Å². The van der Waals surface area contributed by atoms with Crippen LogP contribution < -0.4 is 0 Å². The maximum Gasteiger partial charge on any atom is 0.200 e. The first-order chi connectivity index (χ1) is 7.05. The van der Waals surface area contributed by atoms with E-state index < -0.39 is 14.6 Å². The molecule has 1 N–H and O–H groups in total. The molecule has 0 aromatic carbocycles. The third-order valence-electron chi connectivity index (χ3n) is 2.48. The quantitative estimate of drug-likeness (QED) is 0.577. The van der Waals surface area contributed by atoms with Gasteiger partial charge in [0.2, 0.25) is 9.04 Å². The van der Waals surface area contributed by atoms with Crippen LogP contribution in [-0.4, -0.2) is 26.4 Å². The molecule has 15 heavy (non-hydrogen) atoms. The van der Waals surface area contributed by atoms with Crippen LogP contribution in [-0.2, 0) is 4.43 Å². The number of hydrogen-bond donors (Lipinski definition) is 1. The Hall–Kier alpha value is -0.563. The lowest BCUT2D eigenvalue weighted by atomic mass is 10.1. The van der Waals surface area contributed by atoms with E-state index >= 15 is 0 Å². The number of rotatable bonds is 2. The van der Waals surface area contributed by atoms with Gasteiger partial charge in [0.1, 0.15) is 5.60 Å². The SMILES string of the molecule is C#CC(C)(O)CC.C=C[SiH]1CCCCO1. The Kier molecular flexibility index (Phi) is 7.40. The molecule has 2 nitrogen and oxygen atoms in total. The van der Waals surface area contributed by atoms with Crippen molar-refractivity contribution in [2.75, 3.05) is 6.61 Å². The second-order valence-electron chi connectivity index (χ2n) is 3.91. The van der Waals surface area contributed by atoms with Gasteiger partial charge in [0.05, 0.1) is 0 Å². The van der Waals surface area contributed by atoms with Crippen LogP contribution in [0.2, 0.25) is 6.04 Å². The third kappa shape index (κ3) is 7.38. The van der Waals surface area contributed by atoms with Crippen LogP contribution in [0, 0.1) is 12.3 Å². The number of aliphatic hydroxyl groups is 1. The normalized spacial score (nSPS) is 24.0. The van der Waals surface area contributed by atoms with Crippen LogP contribution in [0.1, 0.15) is 33.1 Å². The Balaban J connectivity index is 0.000000265. The Bertz CT molecular complexity index is 212. The summed E-state index contributed by atoms with van der Waals surface area (Å²) in [5.41, 5.74) is 1.14.